The third-order valence-corrected chi connectivity index (χ3v) is 2.24. The minimum absolute atomic E-state index is 0.761. The average Bonchev–Trinajstić information content (AvgIpc) is 2.66. The zero-order chi connectivity index (χ0) is 10.7. The number of aromatic nitrogens is 3. The molecule has 2 aromatic rings. The Morgan fingerprint density at radius 3 is 3.00 bits per heavy atom. The minimum atomic E-state index is 0.761. The largest absolute Gasteiger partial charge is 0.399 e. The van der Waals surface area contributed by atoms with Crippen molar-refractivity contribution in [3.05, 3.63) is 30.5 Å². The monoisotopic (exact) mass is 202 g/mol. The highest BCUT2D eigenvalue weighted by molar-refractivity contribution is 5.63. The molecule has 78 valence electrons. The van der Waals surface area contributed by atoms with Crippen LogP contribution >= 0.6 is 0 Å². The lowest BCUT2D eigenvalue weighted by Gasteiger charge is -2.04. The van der Waals surface area contributed by atoms with Crippen LogP contribution in [0.3, 0.4) is 0 Å². The number of hydrogen-bond donors (Lipinski definition) is 1. The van der Waals surface area contributed by atoms with E-state index in [4.69, 9.17) is 5.73 Å². The molecule has 1 aromatic heterocycles. The molecule has 0 aliphatic carbocycles. The number of aryl methyl sites for hydroxylation is 1. The van der Waals surface area contributed by atoms with Gasteiger partial charge in [0.05, 0.1) is 11.9 Å². The molecule has 4 nitrogen and oxygen atoms in total. The summed E-state index contributed by atoms with van der Waals surface area (Å²) in [6.07, 6.45) is 2.81. The van der Waals surface area contributed by atoms with Crippen LogP contribution in [0.2, 0.25) is 0 Å². The number of nitrogens with two attached hydrogens (primary N) is 1. The van der Waals surface area contributed by atoms with E-state index in [1.807, 2.05) is 28.9 Å². The molecule has 2 rings (SSSR count). The Labute approximate surface area is 88.7 Å². The zero-order valence-corrected chi connectivity index (χ0v) is 8.72. The standard InChI is InChI=1S/C11H14N4/c1-2-6-15-11(8-13-14-15)9-4-3-5-10(12)7-9/h3-5,7-8H,2,6,12H2,1H3. The summed E-state index contributed by atoms with van der Waals surface area (Å²) < 4.78 is 1.90. The van der Waals surface area contributed by atoms with E-state index in [0.717, 1.165) is 29.9 Å². The number of nitrogen functional groups attached to an aromatic ring is 1. The van der Waals surface area contributed by atoms with Gasteiger partial charge in [0, 0.05) is 17.8 Å². The Balaban J connectivity index is 2.40. The first-order valence-electron chi connectivity index (χ1n) is 5.05. The first-order valence-corrected chi connectivity index (χ1v) is 5.05. The second-order valence-electron chi connectivity index (χ2n) is 3.47. The lowest BCUT2D eigenvalue weighted by Crippen LogP contribution is -2.01. The van der Waals surface area contributed by atoms with Gasteiger partial charge in [-0.25, -0.2) is 4.68 Å². The van der Waals surface area contributed by atoms with Gasteiger partial charge in [-0.2, -0.15) is 0 Å². The first-order chi connectivity index (χ1) is 7.31. The Morgan fingerprint density at radius 2 is 2.27 bits per heavy atom. The predicted molar refractivity (Wildman–Crippen MR) is 60.2 cm³/mol. The third kappa shape index (κ3) is 1.98. The maximum absolute atomic E-state index is 5.74. The number of benzene rings is 1. The van der Waals surface area contributed by atoms with Crippen molar-refractivity contribution < 1.29 is 0 Å². The fourth-order valence-electron chi connectivity index (χ4n) is 1.56. The molecule has 0 aliphatic heterocycles. The average molecular weight is 202 g/mol. The molecule has 0 saturated heterocycles. The molecule has 0 amide bonds. The molecular weight excluding hydrogens is 188 g/mol. The van der Waals surface area contributed by atoms with Crippen LogP contribution in [-0.4, -0.2) is 15.0 Å². The van der Waals surface area contributed by atoms with Crippen LogP contribution in [-0.2, 0) is 6.54 Å². The summed E-state index contributed by atoms with van der Waals surface area (Å²) in [5.41, 5.74) is 8.58. The van der Waals surface area contributed by atoms with Gasteiger partial charge >= 0.3 is 0 Å². The molecule has 0 radical (unpaired) electrons. The summed E-state index contributed by atoms with van der Waals surface area (Å²) in [6, 6.07) is 7.76. The van der Waals surface area contributed by atoms with Crippen LogP contribution in [0.25, 0.3) is 11.3 Å². The topological polar surface area (TPSA) is 56.7 Å². The van der Waals surface area contributed by atoms with Crippen molar-refractivity contribution in [2.45, 2.75) is 19.9 Å². The number of hydrogen-bond acceptors (Lipinski definition) is 3. The van der Waals surface area contributed by atoms with Crippen LogP contribution in [0.15, 0.2) is 30.5 Å². The van der Waals surface area contributed by atoms with Gasteiger partial charge in [0.25, 0.3) is 0 Å². The van der Waals surface area contributed by atoms with Crippen LogP contribution in [0.1, 0.15) is 13.3 Å². The lowest BCUT2D eigenvalue weighted by molar-refractivity contribution is 0.584. The van der Waals surface area contributed by atoms with E-state index in [1.165, 1.54) is 0 Å². The molecular formula is C11H14N4. The molecule has 15 heavy (non-hydrogen) atoms. The van der Waals surface area contributed by atoms with Crippen molar-refractivity contribution in [3.8, 4) is 11.3 Å². The number of nitrogens with zero attached hydrogens (tertiary/aromatic N) is 3. The zero-order valence-electron chi connectivity index (χ0n) is 8.72. The van der Waals surface area contributed by atoms with E-state index >= 15 is 0 Å². The van der Waals surface area contributed by atoms with Gasteiger partial charge in [-0.15, -0.1) is 5.10 Å². The van der Waals surface area contributed by atoms with Crippen LogP contribution in [0.5, 0.6) is 0 Å². The fraction of sp³-hybridized carbons (Fsp3) is 0.273. The van der Waals surface area contributed by atoms with Gasteiger partial charge < -0.3 is 5.73 Å². The summed E-state index contributed by atoms with van der Waals surface area (Å²) >= 11 is 0. The van der Waals surface area contributed by atoms with Gasteiger partial charge in [-0.1, -0.05) is 24.3 Å². The first kappa shape index (κ1) is 9.71. The van der Waals surface area contributed by atoms with E-state index in [-0.39, 0.29) is 0 Å². The molecule has 1 aromatic carbocycles. The van der Waals surface area contributed by atoms with E-state index < -0.39 is 0 Å². The van der Waals surface area contributed by atoms with Gasteiger partial charge in [-0.05, 0) is 18.6 Å². The van der Waals surface area contributed by atoms with E-state index in [1.54, 1.807) is 6.20 Å². The maximum Gasteiger partial charge on any atom is 0.0886 e. The SMILES string of the molecule is CCCn1nncc1-c1cccc(N)c1. The lowest BCUT2D eigenvalue weighted by atomic mass is 10.1. The molecule has 2 N–H and O–H groups in total. The smallest absolute Gasteiger partial charge is 0.0886 e. The van der Waals surface area contributed by atoms with Crippen LogP contribution in [0.4, 0.5) is 5.69 Å². The molecule has 1 heterocycles. The van der Waals surface area contributed by atoms with Crippen molar-refractivity contribution in [1.82, 2.24) is 15.0 Å². The Kier molecular flexibility index (Phi) is 2.67. The normalized spacial score (nSPS) is 10.5. The number of rotatable bonds is 3. The summed E-state index contributed by atoms with van der Waals surface area (Å²) in [4.78, 5) is 0. The van der Waals surface area contributed by atoms with E-state index in [9.17, 15) is 0 Å². The highest BCUT2D eigenvalue weighted by Gasteiger charge is 2.05. The highest BCUT2D eigenvalue weighted by atomic mass is 15.4. The van der Waals surface area contributed by atoms with Crippen molar-refractivity contribution >= 4 is 5.69 Å². The minimum Gasteiger partial charge on any atom is -0.399 e. The Morgan fingerprint density at radius 1 is 1.40 bits per heavy atom. The third-order valence-electron chi connectivity index (χ3n) is 2.24. The molecule has 0 unspecified atom stereocenters. The summed E-state index contributed by atoms with van der Waals surface area (Å²) in [5, 5.41) is 7.96. The van der Waals surface area contributed by atoms with E-state index in [2.05, 4.69) is 17.2 Å². The molecule has 4 heteroatoms. The molecule has 0 atom stereocenters. The van der Waals surface area contributed by atoms with Crippen molar-refractivity contribution in [2.24, 2.45) is 0 Å². The van der Waals surface area contributed by atoms with E-state index in [0.29, 0.717) is 0 Å². The molecule has 0 spiro atoms. The molecule has 0 saturated carbocycles. The predicted octanol–water partition coefficient (Wildman–Crippen LogP) is 1.94. The summed E-state index contributed by atoms with van der Waals surface area (Å²) in [6.45, 7) is 2.99. The number of anilines is 1. The molecule has 0 bridgehead atoms. The van der Waals surface area contributed by atoms with Crippen molar-refractivity contribution in [3.63, 3.8) is 0 Å². The second-order valence-corrected chi connectivity index (χ2v) is 3.47. The van der Waals surface area contributed by atoms with Gasteiger partial charge in [0.1, 0.15) is 0 Å². The molecule has 0 fully saturated rings. The molecule has 0 aliphatic rings. The summed E-state index contributed by atoms with van der Waals surface area (Å²) in [7, 11) is 0. The van der Waals surface area contributed by atoms with Gasteiger partial charge in [0.15, 0.2) is 0 Å². The van der Waals surface area contributed by atoms with Crippen LogP contribution in [0, 0.1) is 0 Å². The highest BCUT2D eigenvalue weighted by Crippen LogP contribution is 2.20. The van der Waals surface area contributed by atoms with Gasteiger partial charge in [-0.3, -0.25) is 0 Å². The second kappa shape index (κ2) is 4.13. The quantitative estimate of drug-likeness (QED) is 0.774. The van der Waals surface area contributed by atoms with Crippen molar-refractivity contribution in [2.75, 3.05) is 5.73 Å². The van der Waals surface area contributed by atoms with Crippen LogP contribution < -0.4 is 5.73 Å². The Hall–Kier alpha value is -1.84. The Bertz CT molecular complexity index is 447. The van der Waals surface area contributed by atoms with Crippen molar-refractivity contribution in [1.29, 1.82) is 0 Å². The maximum atomic E-state index is 5.74. The van der Waals surface area contributed by atoms with Gasteiger partial charge in [0.2, 0.25) is 0 Å². The fourth-order valence-corrected chi connectivity index (χ4v) is 1.56. The summed E-state index contributed by atoms with van der Waals surface area (Å²) in [5.74, 6) is 0.